The van der Waals surface area contributed by atoms with E-state index >= 15 is 0 Å². The number of hydrogen-bond acceptors (Lipinski definition) is 5. The Morgan fingerprint density at radius 1 is 1.39 bits per heavy atom. The van der Waals surface area contributed by atoms with Gasteiger partial charge in [-0.3, -0.25) is 0 Å². The summed E-state index contributed by atoms with van der Waals surface area (Å²) in [7, 11) is 0. The highest BCUT2D eigenvalue weighted by Crippen LogP contribution is 2.17. The molecule has 0 radical (unpaired) electrons. The van der Waals surface area contributed by atoms with Gasteiger partial charge in [0, 0.05) is 36.8 Å². The minimum Gasteiger partial charge on any atom is -0.395 e. The van der Waals surface area contributed by atoms with Crippen LogP contribution in [0.2, 0.25) is 0 Å². The number of nitrogens with zero attached hydrogens (tertiary/aromatic N) is 2. The number of aliphatic hydroxyl groups is 1. The lowest BCUT2D eigenvalue weighted by Crippen LogP contribution is -2.33. The predicted octanol–water partition coefficient (Wildman–Crippen LogP) is 0.919. The van der Waals surface area contributed by atoms with Crippen molar-refractivity contribution in [2.45, 2.75) is 12.5 Å². The predicted molar refractivity (Wildman–Crippen MR) is 79.8 cm³/mol. The van der Waals surface area contributed by atoms with E-state index in [4.69, 9.17) is 10.8 Å². The molecule has 1 saturated heterocycles. The van der Waals surface area contributed by atoms with Gasteiger partial charge in [-0.05, 0) is 18.1 Å². The number of nitrogens with two attached hydrogens (primary N) is 1. The summed E-state index contributed by atoms with van der Waals surface area (Å²) < 4.78 is 0. The smallest absolute Gasteiger partial charge is 0.128 e. The minimum absolute atomic E-state index is 0. The van der Waals surface area contributed by atoms with E-state index in [-0.39, 0.29) is 25.1 Å². The molecule has 6 heteroatoms. The summed E-state index contributed by atoms with van der Waals surface area (Å²) in [4.78, 5) is 6.78. The van der Waals surface area contributed by atoms with E-state index in [0.717, 1.165) is 24.5 Å². The molecule has 0 aromatic carbocycles. The number of halogens is 1. The molecule has 0 spiro atoms. The molecular weight excluding hydrogens is 270 g/mol. The first-order valence-corrected chi connectivity index (χ1v) is 7.09. The van der Waals surface area contributed by atoms with Gasteiger partial charge in [-0.2, -0.15) is 11.8 Å². The second-order valence-corrected chi connectivity index (χ2v) is 5.50. The summed E-state index contributed by atoms with van der Waals surface area (Å²) in [6.45, 7) is 2.17. The number of anilines is 1. The van der Waals surface area contributed by atoms with E-state index < -0.39 is 0 Å². The van der Waals surface area contributed by atoms with Crippen molar-refractivity contribution in [2.24, 2.45) is 5.73 Å². The van der Waals surface area contributed by atoms with Gasteiger partial charge in [0.1, 0.15) is 5.82 Å². The highest BCUT2D eigenvalue weighted by atomic mass is 35.5. The van der Waals surface area contributed by atoms with Crippen molar-refractivity contribution < 1.29 is 5.11 Å². The van der Waals surface area contributed by atoms with Crippen molar-refractivity contribution in [3.63, 3.8) is 0 Å². The Kier molecular flexibility index (Phi) is 6.78. The molecule has 1 aliphatic rings. The monoisotopic (exact) mass is 289 g/mol. The molecule has 102 valence electrons. The van der Waals surface area contributed by atoms with Crippen LogP contribution in [0.3, 0.4) is 0 Å². The maximum Gasteiger partial charge on any atom is 0.128 e. The molecule has 1 aliphatic heterocycles. The topological polar surface area (TPSA) is 62.4 Å². The van der Waals surface area contributed by atoms with E-state index in [1.165, 1.54) is 11.5 Å². The van der Waals surface area contributed by atoms with Gasteiger partial charge in [-0.1, -0.05) is 6.07 Å². The maximum absolute atomic E-state index is 8.90. The van der Waals surface area contributed by atoms with Gasteiger partial charge < -0.3 is 15.7 Å². The average Bonchev–Trinajstić information content (AvgIpc) is 2.40. The molecule has 1 fully saturated rings. The van der Waals surface area contributed by atoms with Crippen molar-refractivity contribution in [1.82, 2.24) is 4.98 Å². The fraction of sp³-hybridized carbons (Fsp3) is 0.583. The lowest BCUT2D eigenvalue weighted by Gasteiger charge is -2.27. The lowest BCUT2D eigenvalue weighted by atomic mass is 10.1. The summed E-state index contributed by atoms with van der Waals surface area (Å²) in [6.07, 6.45) is 2.55. The zero-order valence-corrected chi connectivity index (χ0v) is 11.9. The second kappa shape index (κ2) is 7.84. The molecule has 2 heterocycles. The Labute approximate surface area is 118 Å². The quantitative estimate of drug-likeness (QED) is 0.863. The first-order chi connectivity index (χ1) is 8.29. The van der Waals surface area contributed by atoms with Gasteiger partial charge in [0.2, 0.25) is 0 Å². The highest BCUT2D eigenvalue weighted by Gasteiger charge is 2.12. The van der Waals surface area contributed by atoms with E-state index in [9.17, 15) is 0 Å². The molecule has 0 amide bonds. The summed E-state index contributed by atoms with van der Waals surface area (Å²) >= 11 is 1.99. The molecule has 0 aliphatic carbocycles. The SMILES string of the molecule is Cl.NC(CO)Cc1ccc(N2CCSCC2)nc1. The Balaban J connectivity index is 0.00000162. The summed E-state index contributed by atoms with van der Waals surface area (Å²) in [6, 6.07) is 3.92. The van der Waals surface area contributed by atoms with Gasteiger partial charge in [0.15, 0.2) is 0 Å². The van der Waals surface area contributed by atoms with Crippen LogP contribution in [0.5, 0.6) is 0 Å². The van der Waals surface area contributed by atoms with Crippen LogP contribution < -0.4 is 10.6 Å². The van der Waals surface area contributed by atoms with Crippen molar-refractivity contribution in [1.29, 1.82) is 0 Å². The molecule has 3 N–H and O–H groups in total. The number of hydrogen-bond donors (Lipinski definition) is 2. The molecule has 1 unspecified atom stereocenters. The van der Waals surface area contributed by atoms with Crippen molar-refractivity contribution in [2.75, 3.05) is 36.1 Å². The van der Waals surface area contributed by atoms with Crippen molar-refractivity contribution in [3.8, 4) is 0 Å². The number of aromatic nitrogens is 1. The molecule has 0 saturated carbocycles. The summed E-state index contributed by atoms with van der Waals surface area (Å²) in [5.74, 6) is 3.41. The van der Waals surface area contributed by atoms with Gasteiger partial charge in [-0.25, -0.2) is 4.98 Å². The van der Waals surface area contributed by atoms with Gasteiger partial charge in [-0.15, -0.1) is 12.4 Å². The van der Waals surface area contributed by atoms with Crippen molar-refractivity contribution in [3.05, 3.63) is 23.9 Å². The average molecular weight is 290 g/mol. The normalized spacial score (nSPS) is 17.1. The standard InChI is InChI=1S/C12H19N3OS.ClH/c13-11(9-16)7-10-1-2-12(14-8-10)15-3-5-17-6-4-15;/h1-2,8,11,16H,3-7,9,13H2;1H. The first kappa shape index (κ1) is 15.6. The van der Waals surface area contributed by atoms with Crippen LogP contribution in [0.25, 0.3) is 0 Å². The van der Waals surface area contributed by atoms with Crippen LogP contribution in [-0.4, -0.2) is 47.3 Å². The molecule has 4 nitrogen and oxygen atoms in total. The molecule has 0 bridgehead atoms. The molecule has 2 rings (SSSR count). The van der Waals surface area contributed by atoms with Crippen LogP contribution in [-0.2, 0) is 6.42 Å². The van der Waals surface area contributed by atoms with E-state index in [2.05, 4.69) is 22.0 Å². The lowest BCUT2D eigenvalue weighted by molar-refractivity contribution is 0.265. The number of rotatable bonds is 4. The van der Waals surface area contributed by atoms with Crippen LogP contribution in [0, 0.1) is 0 Å². The fourth-order valence-electron chi connectivity index (χ4n) is 1.88. The molecule has 18 heavy (non-hydrogen) atoms. The van der Waals surface area contributed by atoms with Crippen LogP contribution in [0.1, 0.15) is 5.56 Å². The zero-order valence-electron chi connectivity index (χ0n) is 10.3. The van der Waals surface area contributed by atoms with E-state index in [1.807, 2.05) is 18.0 Å². The maximum atomic E-state index is 8.90. The number of aliphatic hydroxyl groups excluding tert-OH is 1. The third-order valence-electron chi connectivity index (χ3n) is 2.88. The van der Waals surface area contributed by atoms with Crippen LogP contribution in [0.4, 0.5) is 5.82 Å². The Hall–Kier alpha value is -0.490. The highest BCUT2D eigenvalue weighted by molar-refractivity contribution is 7.99. The summed E-state index contributed by atoms with van der Waals surface area (Å²) in [5, 5.41) is 8.90. The molecule has 1 atom stereocenters. The molecule has 1 aromatic rings. The zero-order chi connectivity index (χ0) is 12.1. The van der Waals surface area contributed by atoms with Crippen LogP contribution >= 0.6 is 24.2 Å². The van der Waals surface area contributed by atoms with Gasteiger partial charge in [0.05, 0.1) is 6.61 Å². The van der Waals surface area contributed by atoms with Crippen LogP contribution in [0.15, 0.2) is 18.3 Å². The number of pyridine rings is 1. The molecule has 1 aromatic heterocycles. The van der Waals surface area contributed by atoms with Gasteiger partial charge >= 0.3 is 0 Å². The van der Waals surface area contributed by atoms with E-state index in [0.29, 0.717) is 6.42 Å². The largest absolute Gasteiger partial charge is 0.395 e. The Morgan fingerprint density at radius 3 is 2.67 bits per heavy atom. The molecular formula is C12H20ClN3OS. The van der Waals surface area contributed by atoms with Crippen molar-refractivity contribution >= 4 is 30.0 Å². The Morgan fingerprint density at radius 2 is 2.11 bits per heavy atom. The fourth-order valence-corrected chi connectivity index (χ4v) is 2.79. The minimum atomic E-state index is -0.186. The third-order valence-corrected chi connectivity index (χ3v) is 3.82. The second-order valence-electron chi connectivity index (χ2n) is 4.27. The Bertz CT molecular complexity index is 344. The first-order valence-electron chi connectivity index (χ1n) is 5.93. The summed E-state index contributed by atoms with van der Waals surface area (Å²) in [5.41, 5.74) is 6.78. The van der Waals surface area contributed by atoms with E-state index in [1.54, 1.807) is 0 Å². The van der Waals surface area contributed by atoms with Gasteiger partial charge in [0.25, 0.3) is 0 Å². The number of thioether (sulfide) groups is 1. The third kappa shape index (κ3) is 4.31.